The van der Waals surface area contributed by atoms with E-state index in [4.69, 9.17) is 4.74 Å². The van der Waals surface area contributed by atoms with Crippen molar-refractivity contribution in [2.45, 2.75) is 6.54 Å². The SMILES string of the molecule is COc1cc(NCc2ccc(F)cc2)ncn1. The van der Waals surface area contributed by atoms with Crippen LogP contribution in [-0.2, 0) is 6.54 Å². The van der Waals surface area contributed by atoms with Gasteiger partial charge in [0.1, 0.15) is 18.0 Å². The van der Waals surface area contributed by atoms with E-state index in [0.29, 0.717) is 18.2 Å². The number of hydrogen-bond donors (Lipinski definition) is 1. The van der Waals surface area contributed by atoms with Crippen LogP contribution in [0.15, 0.2) is 36.7 Å². The lowest BCUT2D eigenvalue weighted by Gasteiger charge is -2.06. The summed E-state index contributed by atoms with van der Waals surface area (Å²) in [5, 5.41) is 3.10. The molecule has 1 N–H and O–H groups in total. The van der Waals surface area contributed by atoms with Gasteiger partial charge in [-0.1, -0.05) is 12.1 Å². The first kappa shape index (κ1) is 11.3. The Kier molecular flexibility index (Phi) is 3.49. The monoisotopic (exact) mass is 233 g/mol. The molecular formula is C12H12FN3O. The number of methoxy groups -OCH3 is 1. The molecule has 88 valence electrons. The fourth-order valence-corrected chi connectivity index (χ4v) is 1.34. The molecule has 0 radical (unpaired) electrons. The molecule has 5 heteroatoms. The van der Waals surface area contributed by atoms with Gasteiger partial charge in [-0.25, -0.2) is 14.4 Å². The molecule has 0 bridgehead atoms. The van der Waals surface area contributed by atoms with Crippen molar-refractivity contribution in [2.24, 2.45) is 0 Å². The molecule has 1 aromatic heterocycles. The van der Waals surface area contributed by atoms with E-state index >= 15 is 0 Å². The lowest BCUT2D eigenvalue weighted by molar-refractivity contribution is 0.397. The fraction of sp³-hybridized carbons (Fsp3) is 0.167. The molecule has 4 nitrogen and oxygen atoms in total. The lowest BCUT2D eigenvalue weighted by atomic mass is 10.2. The molecule has 0 unspecified atom stereocenters. The summed E-state index contributed by atoms with van der Waals surface area (Å²) in [5.41, 5.74) is 0.976. The lowest BCUT2D eigenvalue weighted by Crippen LogP contribution is -2.02. The highest BCUT2D eigenvalue weighted by Gasteiger charge is 1.98. The molecule has 1 aromatic carbocycles. The van der Waals surface area contributed by atoms with E-state index in [1.165, 1.54) is 18.5 Å². The summed E-state index contributed by atoms with van der Waals surface area (Å²) in [4.78, 5) is 7.95. The molecule has 2 aromatic rings. The Balaban J connectivity index is 1.99. The predicted octanol–water partition coefficient (Wildman–Crippen LogP) is 2.24. The number of hydrogen-bond acceptors (Lipinski definition) is 4. The zero-order chi connectivity index (χ0) is 12.1. The van der Waals surface area contributed by atoms with Gasteiger partial charge in [0, 0.05) is 12.6 Å². The molecule has 0 atom stereocenters. The van der Waals surface area contributed by atoms with Crippen LogP contribution in [0.5, 0.6) is 5.88 Å². The van der Waals surface area contributed by atoms with Crippen LogP contribution < -0.4 is 10.1 Å². The molecule has 0 aliphatic heterocycles. The maximum atomic E-state index is 12.7. The number of benzene rings is 1. The number of nitrogens with one attached hydrogen (secondary N) is 1. The van der Waals surface area contributed by atoms with Gasteiger partial charge in [0.2, 0.25) is 5.88 Å². The molecule has 17 heavy (non-hydrogen) atoms. The molecular weight excluding hydrogens is 221 g/mol. The summed E-state index contributed by atoms with van der Waals surface area (Å²) in [5.74, 6) is 0.931. The first-order valence-electron chi connectivity index (χ1n) is 5.12. The zero-order valence-electron chi connectivity index (χ0n) is 9.35. The summed E-state index contributed by atoms with van der Waals surface area (Å²) >= 11 is 0. The topological polar surface area (TPSA) is 47.0 Å². The molecule has 2 rings (SSSR count). The van der Waals surface area contributed by atoms with Gasteiger partial charge in [0.05, 0.1) is 7.11 Å². The van der Waals surface area contributed by atoms with Crippen LogP contribution in [-0.4, -0.2) is 17.1 Å². The van der Waals surface area contributed by atoms with Crippen LogP contribution in [0.4, 0.5) is 10.2 Å². The Labute approximate surface area is 98.5 Å². The van der Waals surface area contributed by atoms with Gasteiger partial charge in [0.15, 0.2) is 0 Å². The molecule has 0 fully saturated rings. The standard InChI is InChI=1S/C12H12FN3O/c1-17-12-6-11(15-8-16-12)14-7-9-2-4-10(13)5-3-9/h2-6,8H,7H2,1H3,(H,14,15,16). The van der Waals surface area contributed by atoms with E-state index in [1.54, 1.807) is 25.3 Å². The number of aromatic nitrogens is 2. The van der Waals surface area contributed by atoms with E-state index in [-0.39, 0.29) is 5.82 Å². The van der Waals surface area contributed by atoms with Crippen LogP contribution in [0.3, 0.4) is 0 Å². The normalized spacial score (nSPS) is 10.0. The number of anilines is 1. The molecule has 0 aliphatic rings. The molecule has 1 heterocycles. The van der Waals surface area contributed by atoms with Crippen molar-refractivity contribution in [1.82, 2.24) is 9.97 Å². The van der Waals surface area contributed by atoms with Gasteiger partial charge in [-0.2, -0.15) is 0 Å². The maximum Gasteiger partial charge on any atom is 0.218 e. The second kappa shape index (κ2) is 5.25. The van der Waals surface area contributed by atoms with Crippen molar-refractivity contribution in [2.75, 3.05) is 12.4 Å². The second-order valence-electron chi connectivity index (χ2n) is 3.43. The third kappa shape index (κ3) is 3.14. The van der Waals surface area contributed by atoms with Gasteiger partial charge in [-0.15, -0.1) is 0 Å². The average molecular weight is 233 g/mol. The van der Waals surface area contributed by atoms with E-state index in [9.17, 15) is 4.39 Å². The van der Waals surface area contributed by atoms with Crippen LogP contribution in [0, 0.1) is 5.82 Å². The first-order valence-corrected chi connectivity index (χ1v) is 5.12. The van der Waals surface area contributed by atoms with Gasteiger partial charge < -0.3 is 10.1 Å². The van der Waals surface area contributed by atoms with Crippen molar-refractivity contribution in [3.05, 3.63) is 48.0 Å². The summed E-state index contributed by atoms with van der Waals surface area (Å²) in [6.45, 7) is 0.570. The Morgan fingerprint density at radius 2 is 2.00 bits per heavy atom. The Morgan fingerprint density at radius 3 is 2.71 bits per heavy atom. The number of ether oxygens (including phenoxy) is 1. The third-order valence-electron chi connectivity index (χ3n) is 2.24. The molecule has 0 aliphatic carbocycles. The van der Waals surface area contributed by atoms with Crippen LogP contribution >= 0.6 is 0 Å². The predicted molar refractivity (Wildman–Crippen MR) is 62.3 cm³/mol. The minimum absolute atomic E-state index is 0.238. The van der Waals surface area contributed by atoms with Crippen molar-refractivity contribution in [3.63, 3.8) is 0 Å². The average Bonchev–Trinajstić information content (AvgIpc) is 2.38. The van der Waals surface area contributed by atoms with Crippen LogP contribution in [0.2, 0.25) is 0 Å². The number of rotatable bonds is 4. The fourth-order valence-electron chi connectivity index (χ4n) is 1.34. The maximum absolute atomic E-state index is 12.7. The Morgan fingerprint density at radius 1 is 1.24 bits per heavy atom. The Hall–Kier alpha value is -2.17. The van der Waals surface area contributed by atoms with E-state index in [0.717, 1.165) is 5.56 Å². The van der Waals surface area contributed by atoms with Crippen LogP contribution in [0.25, 0.3) is 0 Å². The largest absolute Gasteiger partial charge is 0.481 e. The van der Waals surface area contributed by atoms with Crippen molar-refractivity contribution < 1.29 is 9.13 Å². The van der Waals surface area contributed by atoms with Gasteiger partial charge in [-0.3, -0.25) is 0 Å². The summed E-state index contributed by atoms with van der Waals surface area (Å²) < 4.78 is 17.7. The zero-order valence-corrected chi connectivity index (χ0v) is 9.35. The van der Waals surface area contributed by atoms with E-state index in [2.05, 4.69) is 15.3 Å². The quantitative estimate of drug-likeness (QED) is 0.879. The van der Waals surface area contributed by atoms with E-state index in [1.807, 2.05) is 0 Å². The summed E-state index contributed by atoms with van der Waals surface area (Å²) in [6, 6.07) is 8.00. The number of nitrogens with zero attached hydrogens (tertiary/aromatic N) is 2. The summed E-state index contributed by atoms with van der Waals surface area (Å²) in [7, 11) is 1.55. The third-order valence-corrected chi connectivity index (χ3v) is 2.24. The highest BCUT2D eigenvalue weighted by Crippen LogP contribution is 2.11. The minimum Gasteiger partial charge on any atom is -0.481 e. The summed E-state index contributed by atoms with van der Waals surface area (Å²) in [6.07, 6.45) is 1.42. The molecule has 0 spiro atoms. The van der Waals surface area contributed by atoms with Crippen molar-refractivity contribution in [3.8, 4) is 5.88 Å². The van der Waals surface area contributed by atoms with Crippen molar-refractivity contribution >= 4 is 5.82 Å². The minimum atomic E-state index is -0.238. The van der Waals surface area contributed by atoms with Crippen LogP contribution in [0.1, 0.15) is 5.56 Å². The number of halogens is 1. The molecule has 0 amide bonds. The molecule has 0 saturated heterocycles. The van der Waals surface area contributed by atoms with Crippen molar-refractivity contribution in [1.29, 1.82) is 0 Å². The Bertz CT molecular complexity index is 487. The second-order valence-corrected chi connectivity index (χ2v) is 3.43. The highest BCUT2D eigenvalue weighted by atomic mass is 19.1. The van der Waals surface area contributed by atoms with Gasteiger partial charge in [-0.05, 0) is 17.7 Å². The highest BCUT2D eigenvalue weighted by molar-refractivity contribution is 5.38. The van der Waals surface area contributed by atoms with E-state index < -0.39 is 0 Å². The van der Waals surface area contributed by atoms with Gasteiger partial charge >= 0.3 is 0 Å². The smallest absolute Gasteiger partial charge is 0.218 e. The molecule has 0 saturated carbocycles. The van der Waals surface area contributed by atoms with Gasteiger partial charge in [0.25, 0.3) is 0 Å². The first-order chi connectivity index (χ1) is 8.28.